The first-order valence-corrected chi connectivity index (χ1v) is 15.9. The first kappa shape index (κ1) is 35.6. The molecular weight excluding hydrogens is 610 g/mol. The highest BCUT2D eigenvalue weighted by Gasteiger charge is 2.23. The molecule has 0 saturated heterocycles. The molecule has 0 unspecified atom stereocenters. The van der Waals surface area contributed by atoms with Crippen molar-refractivity contribution in [3.8, 4) is 22.6 Å². The molecule has 46 heavy (non-hydrogen) atoms. The number of esters is 1. The average Bonchev–Trinajstić information content (AvgIpc) is 3.48. The fourth-order valence-electron chi connectivity index (χ4n) is 4.38. The van der Waals surface area contributed by atoms with Gasteiger partial charge in [0.05, 0.1) is 18.4 Å². The van der Waals surface area contributed by atoms with Crippen molar-refractivity contribution in [1.29, 1.82) is 0 Å². The van der Waals surface area contributed by atoms with Gasteiger partial charge in [-0.3, -0.25) is 9.59 Å². The van der Waals surface area contributed by atoms with E-state index in [0.29, 0.717) is 33.7 Å². The minimum atomic E-state index is -0.639. The number of carbonyl (C=O) groups excluding carboxylic acids is 3. The molecule has 2 aromatic heterocycles. The van der Waals surface area contributed by atoms with Crippen LogP contribution in [0, 0.1) is 0 Å². The highest BCUT2D eigenvalue weighted by Crippen LogP contribution is 2.41. The Balaban J connectivity index is 0.00000282. The van der Waals surface area contributed by atoms with Crippen LogP contribution in [0.5, 0.6) is 11.5 Å². The van der Waals surface area contributed by atoms with E-state index in [4.69, 9.17) is 14.2 Å². The van der Waals surface area contributed by atoms with E-state index < -0.39 is 23.6 Å². The summed E-state index contributed by atoms with van der Waals surface area (Å²) < 4.78 is 21.0. The van der Waals surface area contributed by atoms with Crippen molar-refractivity contribution in [2.45, 2.75) is 40.2 Å². The number of fused-ring (bicyclic) bond motifs is 1. The van der Waals surface area contributed by atoms with Crippen LogP contribution in [0.15, 0.2) is 59.5 Å². The van der Waals surface area contributed by atoms with Gasteiger partial charge < -0.3 is 39.1 Å². The summed E-state index contributed by atoms with van der Waals surface area (Å²) in [4.78, 5) is 53.7. The molecule has 4 aromatic rings. The van der Waals surface area contributed by atoms with Crippen LogP contribution in [0.25, 0.3) is 22.0 Å². The number of anilines is 1. The quantitative estimate of drug-likeness (QED) is 0.0908. The summed E-state index contributed by atoms with van der Waals surface area (Å²) in [5.41, 5.74) is 1.26. The molecule has 246 valence electrons. The van der Waals surface area contributed by atoms with Gasteiger partial charge in [-0.1, -0.05) is 44.0 Å². The molecule has 0 saturated carbocycles. The smallest absolute Gasteiger partial charge is 0.407 e. The molecular formula is C33H41N5O7S. The number of methoxy groups -OCH3 is 1. The van der Waals surface area contributed by atoms with E-state index in [9.17, 15) is 19.2 Å². The zero-order valence-electron chi connectivity index (χ0n) is 27.3. The lowest BCUT2D eigenvalue weighted by Gasteiger charge is -2.19. The molecule has 4 rings (SSSR count). The minimum absolute atomic E-state index is 0.131. The summed E-state index contributed by atoms with van der Waals surface area (Å²) in [6, 6.07) is 14.0. The SMILES string of the molecule is CC.COC(=O)c1cc(Oc2ccccc2)c(-c2cn(C)c(=O)c3[nH]c(C(=O)NCCNC(=O)OC(C)(C)C)cc23)cc1NSC. The van der Waals surface area contributed by atoms with Gasteiger partial charge in [-0.25, -0.2) is 9.59 Å². The topological polar surface area (TPSA) is 153 Å². The summed E-state index contributed by atoms with van der Waals surface area (Å²) in [5, 5.41) is 5.79. The van der Waals surface area contributed by atoms with Gasteiger partial charge in [0.2, 0.25) is 0 Å². The molecule has 4 N–H and O–H groups in total. The third kappa shape index (κ3) is 8.84. The Labute approximate surface area is 272 Å². The first-order valence-electron chi connectivity index (χ1n) is 14.7. The van der Waals surface area contributed by atoms with Gasteiger partial charge in [-0.2, -0.15) is 0 Å². The van der Waals surface area contributed by atoms with Crippen molar-refractivity contribution in [2.75, 3.05) is 31.2 Å². The number of benzene rings is 2. The Bertz CT molecular complexity index is 1740. The van der Waals surface area contributed by atoms with E-state index in [1.807, 2.05) is 38.3 Å². The highest BCUT2D eigenvalue weighted by atomic mass is 32.2. The molecule has 0 aliphatic rings. The molecule has 2 aromatic carbocycles. The lowest BCUT2D eigenvalue weighted by Crippen LogP contribution is -2.37. The van der Waals surface area contributed by atoms with E-state index in [2.05, 4.69) is 20.3 Å². The number of aromatic amines is 1. The predicted octanol–water partition coefficient (Wildman–Crippen LogP) is 6.08. The van der Waals surface area contributed by atoms with Crippen LogP contribution in [0.3, 0.4) is 0 Å². The van der Waals surface area contributed by atoms with Gasteiger partial charge in [-0.15, -0.1) is 0 Å². The number of ether oxygens (including phenoxy) is 3. The van der Waals surface area contributed by atoms with Gasteiger partial charge in [0.15, 0.2) is 0 Å². The fraction of sp³-hybridized carbons (Fsp3) is 0.333. The summed E-state index contributed by atoms with van der Waals surface area (Å²) in [5.74, 6) is -0.154. The Morgan fingerprint density at radius 3 is 2.28 bits per heavy atom. The molecule has 0 fully saturated rings. The number of para-hydroxylation sites is 1. The lowest BCUT2D eigenvalue weighted by molar-refractivity contribution is 0.0525. The molecule has 2 heterocycles. The number of hydrogen-bond acceptors (Lipinski definition) is 9. The maximum absolute atomic E-state index is 13.2. The summed E-state index contributed by atoms with van der Waals surface area (Å²) >= 11 is 1.29. The molecule has 0 radical (unpaired) electrons. The summed E-state index contributed by atoms with van der Waals surface area (Å²) in [7, 11) is 2.91. The highest BCUT2D eigenvalue weighted by molar-refractivity contribution is 7.99. The average molecular weight is 652 g/mol. The second-order valence-electron chi connectivity index (χ2n) is 10.7. The Morgan fingerprint density at radius 1 is 0.978 bits per heavy atom. The zero-order chi connectivity index (χ0) is 34.0. The van der Waals surface area contributed by atoms with E-state index in [-0.39, 0.29) is 35.4 Å². The Hall–Kier alpha value is -4.91. The molecule has 0 aliphatic carbocycles. The Morgan fingerprint density at radius 2 is 1.65 bits per heavy atom. The summed E-state index contributed by atoms with van der Waals surface area (Å²) in [6.07, 6.45) is 2.88. The minimum Gasteiger partial charge on any atom is -0.465 e. The van der Waals surface area contributed by atoms with Crippen LogP contribution in [-0.2, 0) is 16.5 Å². The molecule has 13 heteroatoms. The van der Waals surface area contributed by atoms with Gasteiger partial charge in [0.1, 0.15) is 28.3 Å². The number of aryl methyl sites for hydroxylation is 1. The van der Waals surface area contributed by atoms with Gasteiger partial charge in [0, 0.05) is 49.1 Å². The summed E-state index contributed by atoms with van der Waals surface area (Å²) in [6.45, 7) is 9.55. The number of rotatable bonds is 10. The number of hydrogen-bond donors (Lipinski definition) is 4. The number of nitrogens with one attached hydrogen (secondary N) is 4. The van der Waals surface area contributed by atoms with E-state index in [1.165, 1.54) is 23.6 Å². The van der Waals surface area contributed by atoms with E-state index >= 15 is 0 Å². The molecule has 0 spiro atoms. The van der Waals surface area contributed by atoms with Crippen molar-refractivity contribution in [2.24, 2.45) is 7.05 Å². The van der Waals surface area contributed by atoms with Crippen molar-refractivity contribution in [1.82, 2.24) is 20.2 Å². The lowest BCUT2D eigenvalue weighted by atomic mass is 9.99. The van der Waals surface area contributed by atoms with Crippen LogP contribution in [0.1, 0.15) is 55.5 Å². The fourth-order valence-corrected chi connectivity index (χ4v) is 4.77. The maximum Gasteiger partial charge on any atom is 0.407 e. The van der Waals surface area contributed by atoms with Gasteiger partial charge >= 0.3 is 12.1 Å². The second-order valence-corrected chi connectivity index (χ2v) is 11.3. The van der Waals surface area contributed by atoms with Crippen molar-refractivity contribution >= 4 is 46.5 Å². The Kier molecular flexibility index (Phi) is 12.3. The molecule has 12 nitrogen and oxygen atoms in total. The van der Waals surface area contributed by atoms with E-state index in [0.717, 1.165) is 0 Å². The maximum atomic E-state index is 13.2. The first-order chi connectivity index (χ1) is 21.9. The second kappa shape index (κ2) is 15.9. The molecule has 0 aliphatic heterocycles. The van der Waals surface area contributed by atoms with Crippen LogP contribution < -0.4 is 25.7 Å². The molecule has 2 amide bonds. The number of alkyl carbamates (subject to hydrolysis) is 1. The number of nitrogens with zero attached hydrogens (tertiary/aromatic N) is 1. The van der Waals surface area contributed by atoms with Gasteiger partial charge in [-0.05, 0) is 51.1 Å². The number of amides is 2. The van der Waals surface area contributed by atoms with Gasteiger partial charge in [0.25, 0.3) is 11.5 Å². The number of H-pyrrole nitrogens is 1. The molecule has 0 atom stereocenters. The van der Waals surface area contributed by atoms with Crippen molar-refractivity contribution in [3.05, 3.63) is 76.3 Å². The normalized spacial score (nSPS) is 10.8. The van der Waals surface area contributed by atoms with Crippen molar-refractivity contribution < 1.29 is 28.6 Å². The van der Waals surface area contributed by atoms with Crippen LogP contribution in [0.4, 0.5) is 10.5 Å². The standard InChI is InChI=1S/C31H35N5O7S.C2H6/c1-31(2,3)43-30(40)33-13-12-32-27(37)24-15-20-22(17-36(4)28(38)26(20)34-24)19-14-23(35-44-6)21(29(39)41-5)16-25(19)42-18-10-8-7-9-11-18;1-2/h7-11,14-17,34-35H,12-13H2,1-6H3,(H,32,37)(H,33,40);1-2H3. The largest absolute Gasteiger partial charge is 0.465 e. The number of aromatic nitrogens is 2. The number of carbonyl (C=O) groups is 3. The van der Waals surface area contributed by atoms with E-state index in [1.54, 1.807) is 64.3 Å². The van der Waals surface area contributed by atoms with Crippen LogP contribution >= 0.6 is 11.9 Å². The van der Waals surface area contributed by atoms with Crippen LogP contribution in [-0.4, -0.2) is 59.6 Å². The number of pyridine rings is 1. The zero-order valence-corrected chi connectivity index (χ0v) is 28.1. The monoisotopic (exact) mass is 651 g/mol. The molecule has 0 bridgehead atoms. The van der Waals surface area contributed by atoms with Crippen LogP contribution in [0.2, 0.25) is 0 Å². The predicted molar refractivity (Wildman–Crippen MR) is 182 cm³/mol. The van der Waals surface area contributed by atoms with Crippen molar-refractivity contribution in [3.63, 3.8) is 0 Å². The third-order valence-electron chi connectivity index (χ3n) is 6.29. The third-order valence-corrected chi connectivity index (χ3v) is 6.71.